The van der Waals surface area contributed by atoms with E-state index in [0.29, 0.717) is 30.9 Å². The smallest absolute Gasteiger partial charge is 0.152 e. The molecule has 0 spiro atoms. The van der Waals surface area contributed by atoms with Gasteiger partial charge in [0.1, 0.15) is 11.7 Å². The van der Waals surface area contributed by atoms with E-state index >= 15 is 0 Å². The summed E-state index contributed by atoms with van der Waals surface area (Å²) in [5.74, 6) is 0.919. The van der Waals surface area contributed by atoms with Crippen molar-refractivity contribution in [3.05, 3.63) is 23.4 Å². The van der Waals surface area contributed by atoms with Crippen LogP contribution in [-0.4, -0.2) is 43.8 Å². The average Bonchev–Trinajstić information content (AvgIpc) is 2.49. The summed E-state index contributed by atoms with van der Waals surface area (Å²) in [5.41, 5.74) is 7.09. The lowest BCUT2D eigenvalue weighted by atomic mass is 10.1. The number of aromatic nitrogens is 1. The Morgan fingerprint density at radius 1 is 1.42 bits per heavy atom. The van der Waals surface area contributed by atoms with E-state index < -0.39 is 9.84 Å². The third-order valence-electron chi connectivity index (χ3n) is 3.26. The van der Waals surface area contributed by atoms with Gasteiger partial charge in [0.05, 0.1) is 17.1 Å². The van der Waals surface area contributed by atoms with Gasteiger partial charge in [-0.1, -0.05) is 0 Å². The number of nitrogens with one attached hydrogen (secondary N) is 1. The number of pyridine rings is 1. The van der Waals surface area contributed by atoms with Crippen molar-refractivity contribution < 1.29 is 8.42 Å². The zero-order chi connectivity index (χ0) is 14.0. The Labute approximate surface area is 113 Å². The van der Waals surface area contributed by atoms with Gasteiger partial charge < -0.3 is 10.6 Å². The summed E-state index contributed by atoms with van der Waals surface area (Å²) in [5, 5.41) is 7.66. The second-order valence-electron chi connectivity index (χ2n) is 4.73. The van der Waals surface area contributed by atoms with Crippen LogP contribution in [0.4, 0.5) is 5.82 Å². The van der Waals surface area contributed by atoms with Gasteiger partial charge >= 0.3 is 0 Å². The molecule has 7 heteroatoms. The van der Waals surface area contributed by atoms with Gasteiger partial charge in [0, 0.05) is 19.3 Å². The van der Waals surface area contributed by atoms with Crippen LogP contribution in [0.25, 0.3) is 0 Å². The van der Waals surface area contributed by atoms with Crippen LogP contribution in [-0.2, 0) is 9.84 Å². The number of nitrogen functional groups attached to an aromatic ring is 1. The molecule has 1 aromatic rings. The van der Waals surface area contributed by atoms with E-state index in [1.807, 2.05) is 11.8 Å². The van der Waals surface area contributed by atoms with Crippen LogP contribution in [0, 0.1) is 12.3 Å². The average molecular weight is 282 g/mol. The number of aryl methyl sites for hydroxylation is 1. The fourth-order valence-electron chi connectivity index (χ4n) is 2.27. The van der Waals surface area contributed by atoms with Crippen molar-refractivity contribution >= 4 is 21.5 Å². The van der Waals surface area contributed by atoms with E-state index in [9.17, 15) is 8.42 Å². The first kappa shape index (κ1) is 13.8. The molecular weight excluding hydrogens is 264 g/mol. The van der Waals surface area contributed by atoms with Gasteiger partial charge in [-0.15, -0.1) is 0 Å². The lowest BCUT2D eigenvalue weighted by Crippen LogP contribution is -2.30. The van der Waals surface area contributed by atoms with Gasteiger partial charge in [-0.3, -0.25) is 5.41 Å². The summed E-state index contributed by atoms with van der Waals surface area (Å²) in [7, 11) is -2.96. The predicted molar refractivity (Wildman–Crippen MR) is 75.5 cm³/mol. The zero-order valence-electron chi connectivity index (χ0n) is 10.9. The van der Waals surface area contributed by atoms with Crippen LogP contribution in [0.3, 0.4) is 0 Å². The quantitative estimate of drug-likeness (QED) is 0.600. The molecule has 0 aliphatic carbocycles. The number of nitrogens with zero attached hydrogens (tertiary/aromatic N) is 2. The molecule has 6 nitrogen and oxygen atoms in total. The van der Waals surface area contributed by atoms with Gasteiger partial charge in [-0.25, -0.2) is 13.4 Å². The molecule has 1 aliphatic rings. The second-order valence-corrected chi connectivity index (χ2v) is 7.04. The highest BCUT2D eigenvalue weighted by molar-refractivity contribution is 7.91. The largest absolute Gasteiger partial charge is 0.384 e. The molecule has 19 heavy (non-hydrogen) atoms. The van der Waals surface area contributed by atoms with Crippen molar-refractivity contribution in [2.45, 2.75) is 13.3 Å². The molecule has 1 saturated heterocycles. The van der Waals surface area contributed by atoms with Gasteiger partial charge in [0.15, 0.2) is 9.84 Å². The summed E-state index contributed by atoms with van der Waals surface area (Å²) >= 11 is 0. The van der Waals surface area contributed by atoms with Gasteiger partial charge in [0.25, 0.3) is 0 Å². The number of hydrogen-bond donors (Lipinski definition) is 2. The molecule has 0 aromatic carbocycles. The number of amidine groups is 1. The maximum absolute atomic E-state index is 11.6. The fraction of sp³-hybridized carbons (Fsp3) is 0.500. The summed E-state index contributed by atoms with van der Waals surface area (Å²) in [6.45, 7) is 2.89. The predicted octanol–water partition coefficient (Wildman–Crippen LogP) is 0.299. The Bertz CT molecular complexity index is 598. The first-order valence-corrected chi connectivity index (χ1v) is 7.98. The van der Waals surface area contributed by atoms with Crippen molar-refractivity contribution in [1.29, 1.82) is 5.41 Å². The minimum Gasteiger partial charge on any atom is -0.384 e. The third kappa shape index (κ3) is 3.04. The Morgan fingerprint density at radius 3 is 2.84 bits per heavy atom. The van der Waals surface area contributed by atoms with Crippen LogP contribution >= 0.6 is 0 Å². The van der Waals surface area contributed by atoms with Gasteiger partial charge in [-0.2, -0.15) is 0 Å². The zero-order valence-corrected chi connectivity index (χ0v) is 11.7. The van der Waals surface area contributed by atoms with Gasteiger partial charge in [0.2, 0.25) is 0 Å². The van der Waals surface area contributed by atoms with E-state index in [1.54, 1.807) is 12.3 Å². The molecule has 1 aromatic heterocycles. The normalized spacial score (nSPS) is 18.9. The Kier molecular flexibility index (Phi) is 3.75. The number of anilines is 1. The second kappa shape index (κ2) is 5.16. The molecule has 0 atom stereocenters. The molecule has 0 amide bonds. The number of nitrogens with two attached hydrogens (primary N) is 1. The Hall–Kier alpha value is -1.63. The molecule has 3 N–H and O–H groups in total. The number of hydrogen-bond acceptors (Lipinski definition) is 5. The van der Waals surface area contributed by atoms with Crippen molar-refractivity contribution in [3.8, 4) is 0 Å². The summed E-state index contributed by atoms with van der Waals surface area (Å²) in [6, 6.07) is 1.80. The standard InChI is InChI=1S/C12H18N4O2S/c1-9-3-4-15-12(10(9)11(13)14)16-5-2-7-19(17,18)8-6-16/h3-4H,2,5-8H2,1H3,(H3,13,14). The molecule has 0 unspecified atom stereocenters. The minimum absolute atomic E-state index is 0.0345. The summed E-state index contributed by atoms with van der Waals surface area (Å²) in [6.07, 6.45) is 2.24. The van der Waals surface area contributed by atoms with Crippen LogP contribution < -0.4 is 10.6 Å². The van der Waals surface area contributed by atoms with Gasteiger partial charge in [-0.05, 0) is 25.0 Å². The fourth-order valence-corrected chi connectivity index (χ4v) is 3.54. The third-order valence-corrected chi connectivity index (χ3v) is 4.98. The van der Waals surface area contributed by atoms with Crippen LogP contribution in [0.15, 0.2) is 12.3 Å². The highest BCUT2D eigenvalue weighted by Gasteiger charge is 2.23. The van der Waals surface area contributed by atoms with Crippen LogP contribution in [0.5, 0.6) is 0 Å². The SMILES string of the molecule is Cc1ccnc(N2CCCS(=O)(=O)CC2)c1C(=N)N. The molecule has 1 aliphatic heterocycles. The van der Waals surface area contributed by atoms with E-state index in [2.05, 4.69) is 4.98 Å². The molecule has 0 bridgehead atoms. The van der Waals surface area contributed by atoms with Crippen molar-refractivity contribution in [2.24, 2.45) is 5.73 Å². The van der Waals surface area contributed by atoms with E-state index in [4.69, 9.17) is 11.1 Å². The van der Waals surface area contributed by atoms with E-state index in [-0.39, 0.29) is 17.3 Å². The van der Waals surface area contributed by atoms with Crippen molar-refractivity contribution in [1.82, 2.24) is 4.98 Å². The first-order valence-electron chi connectivity index (χ1n) is 6.16. The molecule has 2 heterocycles. The van der Waals surface area contributed by atoms with Crippen LogP contribution in [0.1, 0.15) is 17.5 Å². The molecule has 1 fully saturated rings. The Balaban J connectivity index is 2.37. The topological polar surface area (TPSA) is 100 Å². The minimum atomic E-state index is -2.96. The monoisotopic (exact) mass is 282 g/mol. The highest BCUT2D eigenvalue weighted by atomic mass is 32.2. The molecule has 0 radical (unpaired) electrons. The summed E-state index contributed by atoms with van der Waals surface area (Å²) in [4.78, 5) is 6.20. The van der Waals surface area contributed by atoms with Crippen molar-refractivity contribution in [3.63, 3.8) is 0 Å². The lowest BCUT2D eigenvalue weighted by Gasteiger charge is -2.24. The lowest BCUT2D eigenvalue weighted by molar-refractivity contribution is 0.597. The molecular formula is C12H18N4O2S. The van der Waals surface area contributed by atoms with Crippen molar-refractivity contribution in [2.75, 3.05) is 29.5 Å². The Morgan fingerprint density at radius 2 is 2.16 bits per heavy atom. The maximum atomic E-state index is 11.6. The molecule has 0 saturated carbocycles. The first-order chi connectivity index (χ1) is 8.91. The van der Waals surface area contributed by atoms with E-state index in [0.717, 1.165) is 5.56 Å². The molecule has 2 rings (SSSR count). The van der Waals surface area contributed by atoms with Crippen LogP contribution in [0.2, 0.25) is 0 Å². The van der Waals surface area contributed by atoms with E-state index in [1.165, 1.54) is 0 Å². The number of sulfone groups is 1. The molecule has 104 valence electrons. The maximum Gasteiger partial charge on any atom is 0.152 e. The number of rotatable bonds is 2. The summed E-state index contributed by atoms with van der Waals surface area (Å²) < 4.78 is 23.2. The highest BCUT2D eigenvalue weighted by Crippen LogP contribution is 2.22.